The van der Waals surface area contributed by atoms with Crippen LogP contribution in [0.25, 0.3) is 0 Å². The van der Waals surface area contributed by atoms with Crippen molar-refractivity contribution in [1.82, 2.24) is 4.98 Å². The number of rotatable bonds is 3. The molecule has 2 aromatic rings. The van der Waals surface area contributed by atoms with Gasteiger partial charge in [0.2, 0.25) is 0 Å². The second-order valence-electron chi connectivity index (χ2n) is 4.52. The minimum absolute atomic E-state index is 0.413. The zero-order chi connectivity index (χ0) is 11.7. The minimum Gasteiger partial charge on any atom is -0.432 e. The quantitative estimate of drug-likeness (QED) is 0.877. The Morgan fingerprint density at radius 1 is 1.29 bits per heavy atom. The summed E-state index contributed by atoms with van der Waals surface area (Å²) in [4.78, 5) is 4.38. The maximum atomic E-state index is 5.39. The summed E-state index contributed by atoms with van der Waals surface area (Å²) in [6.45, 7) is 2.08. The predicted octanol–water partition coefficient (Wildman–Crippen LogP) is 2.82. The smallest absolute Gasteiger partial charge is 0.294 e. The van der Waals surface area contributed by atoms with Crippen LogP contribution in [0.4, 0.5) is 6.01 Å². The number of fused-ring (bicyclic) bond motifs is 1. The normalized spacial score (nSPS) is 14.9. The van der Waals surface area contributed by atoms with Crippen molar-refractivity contribution in [2.24, 2.45) is 0 Å². The Bertz CT molecular complexity index is 493. The Kier molecular flexibility index (Phi) is 2.59. The van der Waals surface area contributed by atoms with Crippen LogP contribution in [0.3, 0.4) is 0 Å². The van der Waals surface area contributed by atoms with Crippen LogP contribution in [0.15, 0.2) is 34.9 Å². The first-order valence-corrected chi connectivity index (χ1v) is 6.13. The summed E-state index contributed by atoms with van der Waals surface area (Å²) in [6, 6.07) is 9.66. The maximum Gasteiger partial charge on any atom is 0.294 e. The van der Waals surface area contributed by atoms with E-state index >= 15 is 0 Å². The molecule has 0 unspecified atom stereocenters. The zero-order valence-corrected chi connectivity index (χ0v) is 9.94. The van der Waals surface area contributed by atoms with E-state index in [1.54, 1.807) is 6.26 Å². The Morgan fingerprint density at radius 2 is 2.00 bits per heavy atom. The maximum absolute atomic E-state index is 5.39. The lowest BCUT2D eigenvalue weighted by Gasteiger charge is -2.08. The number of hydrogen-bond donors (Lipinski definition) is 1. The summed E-state index contributed by atoms with van der Waals surface area (Å²) in [6.07, 6.45) is 4.75. The van der Waals surface area contributed by atoms with Crippen LogP contribution in [-0.2, 0) is 19.3 Å². The molecule has 1 aromatic carbocycles. The molecule has 3 heteroatoms. The van der Waals surface area contributed by atoms with Crippen molar-refractivity contribution < 1.29 is 4.42 Å². The highest BCUT2D eigenvalue weighted by molar-refractivity contribution is 5.37. The highest BCUT2D eigenvalue weighted by Crippen LogP contribution is 2.24. The standard InChI is InChI=1S/C14H16N2O/c1-2-12-9-17-14(15-12)16-13-7-10-5-3-4-6-11(10)8-13/h3-6,9,13H,2,7-8H2,1H3,(H,15,16). The Balaban J connectivity index is 1.69. The third-order valence-electron chi connectivity index (χ3n) is 3.29. The third kappa shape index (κ3) is 2.05. The molecule has 0 fully saturated rings. The van der Waals surface area contributed by atoms with E-state index in [1.165, 1.54) is 11.1 Å². The Hall–Kier alpha value is -1.77. The molecule has 0 bridgehead atoms. The molecule has 1 aliphatic carbocycles. The number of nitrogens with one attached hydrogen (secondary N) is 1. The van der Waals surface area contributed by atoms with E-state index in [0.717, 1.165) is 25.0 Å². The molecule has 1 heterocycles. The molecule has 0 amide bonds. The van der Waals surface area contributed by atoms with Gasteiger partial charge >= 0.3 is 0 Å². The molecule has 1 aliphatic rings. The molecule has 88 valence electrons. The average Bonchev–Trinajstić information content (AvgIpc) is 2.94. The molecule has 0 spiro atoms. The van der Waals surface area contributed by atoms with Gasteiger partial charge in [-0.05, 0) is 30.4 Å². The molecule has 0 saturated heterocycles. The van der Waals surface area contributed by atoms with Crippen molar-refractivity contribution >= 4 is 6.01 Å². The van der Waals surface area contributed by atoms with Gasteiger partial charge in [-0.15, -0.1) is 0 Å². The van der Waals surface area contributed by atoms with Crippen molar-refractivity contribution in [3.63, 3.8) is 0 Å². The summed E-state index contributed by atoms with van der Waals surface area (Å²) < 4.78 is 5.39. The zero-order valence-electron chi connectivity index (χ0n) is 9.94. The molecule has 0 aliphatic heterocycles. The summed E-state index contributed by atoms with van der Waals surface area (Å²) in [5.74, 6) is 0. The van der Waals surface area contributed by atoms with E-state index in [9.17, 15) is 0 Å². The van der Waals surface area contributed by atoms with Crippen molar-refractivity contribution in [3.05, 3.63) is 47.3 Å². The number of benzene rings is 1. The van der Waals surface area contributed by atoms with Gasteiger partial charge in [0.25, 0.3) is 6.01 Å². The van der Waals surface area contributed by atoms with E-state index in [2.05, 4.69) is 41.5 Å². The van der Waals surface area contributed by atoms with Gasteiger partial charge in [0.15, 0.2) is 0 Å². The van der Waals surface area contributed by atoms with Crippen molar-refractivity contribution in [1.29, 1.82) is 0 Å². The van der Waals surface area contributed by atoms with Crippen LogP contribution < -0.4 is 5.32 Å². The number of anilines is 1. The van der Waals surface area contributed by atoms with E-state index in [1.807, 2.05) is 0 Å². The Morgan fingerprint density at radius 3 is 2.59 bits per heavy atom. The summed E-state index contributed by atoms with van der Waals surface area (Å²) in [5.41, 5.74) is 3.88. The Labute approximate surface area is 101 Å². The number of nitrogens with zero attached hydrogens (tertiary/aromatic N) is 1. The highest BCUT2D eigenvalue weighted by atomic mass is 16.4. The van der Waals surface area contributed by atoms with Gasteiger partial charge in [-0.2, -0.15) is 4.98 Å². The second-order valence-corrected chi connectivity index (χ2v) is 4.52. The highest BCUT2D eigenvalue weighted by Gasteiger charge is 2.21. The van der Waals surface area contributed by atoms with Crippen molar-refractivity contribution in [2.45, 2.75) is 32.2 Å². The summed E-state index contributed by atoms with van der Waals surface area (Å²) in [5, 5.41) is 3.36. The van der Waals surface area contributed by atoms with Gasteiger partial charge in [-0.1, -0.05) is 31.2 Å². The first-order chi connectivity index (χ1) is 8.35. The minimum atomic E-state index is 0.413. The molecule has 0 atom stereocenters. The molecule has 17 heavy (non-hydrogen) atoms. The lowest BCUT2D eigenvalue weighted by molar-refractivity contribution is 0.557. The van der Waals surface area contributed by atoms with Gasteiger partial charge in [0, 0.05) is 6.04 Å². The van der Waals surface area contributed by atoms with Crippen LogP contribution in [0, 0.1) is 0 Å². The lowest BCUT2D eigenvalue weighted by Crippen LogP contribution is -2.19. The topological polar surface area (TPSA) is 38.1 Å². The fourth-order valence-electron chi connectivity index (χ4n) is 2.37. The van der Waals surface area contributed by atoms with Crippen LogP contribution in [0.2, 0.25) is 0 Å². The predicted molar refractivity (Wildman–Crippen MR) is 67.1 cm³/mol. The molecule has 3 rings (SSSR count). The van der Waals surface area contributed by atoms with Gasteiger partial charge in [-0.25, -0.2) is 0 Å². The van der Waals surface area contributed by atoms with Gasteiger partial charge in [0.05, 0.1) is 5.69 Å². The number of aryl methyl sites for hydroxylation is 1. The van der Waals surface area contributed by atoms with Crippen molar-refractivity contribution in [3.8, 4) is 0 Å². The molecule has 1 aromatic heterocycles. The van der Waals surface area contributed by atoms with E-state index in [0.29, 0.717) is 12.1 Å². The number of aromatic nitrogens is 1. The van der Waals surface area contributed by atoms with Crippen LogP contribution in [-0.4, -0.2) is 11.0 Å². The van der Waals surface area contributed by atoms with Crippen LogP contribution in [0.1, 0.15) is 23.7 Å². The summed E-state index contributed by atoms with van der Waals surface area (Å²) >= 11 is 0. The molecule has 1 N–H and O–H groups in total. The van der Waals surface area contributed by atoms with Crippen LogP contribution in [0.5, 0.6) is 0 Å². The molecular weight excluding hydrogens is 212 g/mol. The first-order valence-electron chi connectivity index (χ1n) is 6.13. The monoisotopic (exact) mass is 228 g/mol. The number of hydrogen-bond acceptors (Lipinski definition) is 3. The van der Waals surface area contributed by atoms with Crippen LogP contribution >= 0.6 is 0 Å². The first kappa shape index (κ1) is 10.4. The van der Waals surface area contributed by atoms with Gasteiger partial charge in [-0.3, -0.25) is 0 Å². The molecular formula is C14H16N2O. The second kappa shape index (κ2) is 4.24. The van der Waals surface area contributed by atoms with Gasteiger partial charge in [0.1, 0.15) is 6.26 Å². The average molecular weight is 228 g/mol. The number of oxazole rings is 1. The van der Waals surface area contributed by atoms with E-state index in [-0.39, 0.29) is 0 Å². The van der Waals surface area contributed by atoms with E-state index in [4.69, 9.17) is 4.42 Å². The van der Waals surface area contributed by atoms with Gasteiger partial charge < -0.3 is 9.73 Å². The van der Waals surface area contributed by atoms with Crippen molar-refractivity contribution in [2.75, 3.05) is 5.32 Å². The molecule has 3 nitrogen and oxygen atoms in total. The largest absolute Gasteiger partial charge is 0.432 e. The SMILES string of the molecule is CCc1coc(NC2Cc3ccccc3C2)n1. The molecule has 0 saturated carbocycles. The molecule has 0 radical (unpaired) electrons. The van der Waals surface area contributed by atoms with E-state index < -0.39 is 0 Å². The lowest BCUT2D eigenvalue weighted by atomic mass is 10.1. The fourth-order valence-corrected chi connectivity index (χ4v) is 2.37. The summed E-state index contributed by atoms with van der Waals surface area (Å²) in [7, 11) is 0. The third-order valence-corrected chi connectivity index (χ3v) is 3.29. The fraction of sp³-hybridized carbons (Fsp3) is 0.357.